The van der Waals surface area contributed by atoms with E-state index in [2.05, 4.69) is 0 Å². The summed E-state index contributed by atoms with van der Waals surface area (Å²) in [6, 6.07) is 5.24. The second-order valence-electron chi connectivity index (χ2n) is 6.98. The number of hydrogen-bond acceptors (Lipinski definition) is 5. The van der Waals surface area contributed by atoms with E-state index in [0.717, 1.165) is 25.9 Å². The molecule has 0 bridgehead atoms. The Morgan fingerprint density at radius 2 is 2.07 bits per heavy atom. The van der Waals surface area contributed by atoms with Crippen LogP contribution in [0.3, 0.4) is 0 Å². The molecule has 1 fully saturated rings. The lowest BCUT2D eigenvalue weighted by atomic mass is 9.92. The van der Waals surface area contributed by atoms with Crippen LogP contribution in [0, 0.1) is 5.92 Å². The lowest BCUT2D eigenvalue weighted by molar-refractivity contribution is -0.133. The Labute approximate surface area is 167 Å². The number of Topliss-reactive ketones (excluding diaryl/α,β-unsaturated/α-hetero) is 1. The minimum atomic E-state index is -0.0212. The Morgan fingerprint density at radius 1 is 1.33 bits per heavy atom. The lowest BCUT2D eigenvalue weighted by Gasteiger charge is -2.34. The number of amides is 1. The van der Waals surface area contributed by atoms with Crippen LogP contribution in [0.4, 0.5) is 0 Å². The van der Waals surface area contributed by atoms with E-state index >= 15 is 0 Å². The van der Waals surface area contributed by atoms with Gasteiger partial charge < -0.3 is 20.1 Å². The number of hydrogen-bond donors (Lipinski definition) is 1. The molecule has 1 aliphatic heterocycles. The summed E-state index contributed by atoms with van der Waals surface area (Å²) >= 11 is 0. The number of nitrogens with two attached hydrogens (primary N) is 1. The van der Waals surface area contributed by atoms with Gasteiger partial charge in [0.05, 0.1) is 13.7 Å². The van der Waals surface area contributed by atoms with Crippen molar-refractivity contribution in [3.63, 3.8) is 0 Å². The normalized spacial score (nSPS) is 17.6. The van der Waals surface area contributed by atoms with Gasteiger partial charge in [-0.2, -0.15) is 0 Å². The monoisotopic (exact) mass is 398 g/mol. The average molecular weight is 399 g/mol. The largest absolute Gasteiger partial charge is 0.493 e. The molecule has 6 nitrogen and oxygen atoms in total. The van der Waals surface area contributed by atoms with Crippen molar-refractivity contribution in [3.8, 4) is 11.5 Å². The molecule has 1 aromatic rings. The molecule has 1 amide bonds. The van der Waals surface area contributed by atoms with E-state index in [9.17, 15) is 9.59 Å². The molecule has 0 aliphatic carbocycles. The van der Waals surface area contributed by atoms with Crippen molar-refractivity contribution in [3.05, 3.63) is 23.8 Å². The van der Waals surface area contributed by atoms with Crippen molar-refractivity contribution in [2.75, 3.05) is 26.8 Å². The fourth-order valence-corrected chi connectivity index (χ4v) is 3.24. The Morgan fingerprint density at radius 3 is 2.70 bits per heavy atom. The molecule has 7 heteroatoms. The first-order valence-electron chi connectivity index (χ1n) is 9.27. The number of ketones is 1. The number of likely N-dealkylation sites (tertiary alicyclic amines) is 1. The van der Waals surface area contributed by atoms with Gasteiger partial charge in [0.2, 0.25) is 5.91 Å². The van der Waals surface area contributed by atoms with Crippen molar-refractivity contribution in [1.82, 2.24) is 4.90 Å². The number of nitrogens with zero attached hydrogens (tertiary/aromatic N) is 1. The van der Waals surface area contributed by atoms with Crippen LogP contribution in [-0.2, 0) is 4.79 Å². The van der Waals surface area contributed by atoms with E-state index in [4.69, 9.17) is 15.2 Å². The van der Waals surface area contributed by atoms with Crippen LogP contribution in [0.2, 0.25) is 0 Å². The highest BCUT2D eigenvalue weighted by molar-refractivity contribution is 5.94. The van der Waals surface area contributed by atoms with Gasteiger partial charge in [0, 0.05) is 31.1 Å². The van der Waals surface area contributed by atoms with Gasteiger partial charge in [-0.05, 0) is 57.2 Å². The Bertz CT molecular complexity index is 636. The third-order valence-corrected chi connectivity index (χ3v) is 4.92. The van der Waals surface area contributed by atoms with E-state index in [1.165, 1.54) is 6.92 Å². The molecule has 27 heavy (non-hydrogen) atoms. The molecule has 1 heterocycles. The molecule has 2 unspecified atom stereocenters. The van der Waals surface area contributed by atoms with Crippen molar-refractivity contribution in [2.45, 2.75) is 45.6 Å². The predicted molar refractivity (Wildman–Crippen MR) is 108 cm³/mol. The first-order chi connectivity index (χ1) is 12.4. The molecule has 1 saturated heterocycles. The molecular weight excluding hydrogens is 368 g/mol. The molecule has 0 radical (unpaired) electrons. The zero-order valence-electron chi connectivity index (χ0n) is 16.4. The minimum absolute atomic E-state index is 0. The van der Waals surface area contributed by atoms with E-state index in [-0.39, 0.29) is 30.1 Å². The summed E-state index contributed by atoms with van der Waals surface area (Å²) in [7, 11) is 1.54. The average Bonchev–Trinajstić information content (AvgIpc) is 2.64. The predicted octanol–water partition coefficient (Wildman–Crippen LogP) is 3.06. The van der Waals surface area contributed by atoms with E-state index in [1.807, 2.05) is 11.8 Å². The summed E-state index contributed by atoms with van der Waals surface area (Å²) in [6.07, 6.45) is 3.21. The molecule has 2 atom stereocenters. The van der Waals surface area contributed by atoms with Gasteiger partial charge >= 0.3 is 0 Å². The Kier molecular flexibility index (Phi) is 9.60. The van der Waals surface area contributed by atoms with Crippen LogP contribution in [0.25, 0.3) is 0 Å². The first kappa shape index (κ1) is 23.2. The highest BCUT2D eigenvalue weighted by atomic mass is 35.5. The van der Waals surface area contributed by atoms with Crippen molar-refractivity contribution < 1.29 is 19.1 Å². The number of carbonyl (C=O) groups excluding carboxylic acids is 2. The van der Waals surface area contributed by atoms with Crippen molar-refractivity contribution in [1.29, 1.82) is 0 Å². The summed E-state index contributed by atoms with van der Waals surface area (Å²) in [5, 5.41) is 0. The fourth-order valence-electron chi connectivity index (χ4n) is 3.24. The molecule has 0 aromatic heterocycles. The van der Waals surface area contributed by atoms with Crippen LogP contribution in [0.1, 0.15) is 49.9 Å². The lowest BCUT2D eigenvalue weighted by Crippen LogP contribution is -2.45. The highest BCUT2D eigenvalue weighted by Crippen LogP contribution is 2.28. The molecule has 1 aromatic carbocycles. The van der Waals surface area contributed by atoms with Gasteiger partial charge in [0.25, 0.3) is 0 Å². The van der Waals surface area contributed by atoms with Gasteiger partial charge in [-0.25, -0.2) is 0 Å². The number of ether oxygens (including phenoxy) is 2. The zero-order valence-corrected chi connectivity index (χ0v) is 17.2. The van der Waals surface area contributed by atoms with Crippen molar-refractivity contribution in [2.24, 2.45) is 11.7 Å². The van der Waals surface area contributed by atoms with Gasteiger partial charge in [-0.3, -0.25) is 9.59 Å². The van der Waals surface area contributed by atoms with Gasteiger partial charge in [0.1, 0.15) is 0 Å². The Balaban J connectivity index is 0.00000364. The Hall–Kier alpha value is -1.79. The molecule has 2 N–H and O–H groups in total. The van der Waals surface area contributed by atoms with Gasteiger partial charge in [0.15, 0.2) is 17.3 Å². The maximum atomic E-state index is 12.4. The number of benzene rings is 1. The topological polar surface area (TPSA) is 81.9 Å². The van der Waals surface area contributed by atoms with Crippen molar-refractivity contribution >= 4 is 24.1 Å². The van der Waals surface area contributed by atoms with E-state index in [0.29, 0.717) is 42.4 Å². The molecular formula is C20H31ClN2O4. The number of halogens is 1. The van der Waals surface area contributed by atoms with Crippen LogP contribution in [-0.4, -0.2) is 49.4 Å². The molecule has 0 saturated carbocycles. The molecule has 0 spiro atoms. The summed E-state index contributed by atoms with van der Waals surface area (Å²) in [6.45, 7) is 5.53. The molecule has 1 aliphatic rings. The second kappa shape index (κ2) is 11.1. The standard InChI is InChI=1S/C20H30N2O4.ClH/c1-14(21)17-6-4-10-22(13-17)20(24)7-5-11-26-18-9-8-16(15(2)23)12-19(18)25-3;/h8-9,12,14,17H,4-7,10-11,13,21H2,1-3H3;1H. The van der Waals surface area contributed by atoms with Gasteiger partial charge in [-0.1, -0.05) is 0 Å². The summed E-state index contributed by atoms with van der Waals surface area (Å²) in [5.41, 5.74) is 6.56. The number of rotatable bonds is 8. The smallest absolute Gasteiger partial charge is 0.222 e. The quantitative estimate of drug-likeness (QED) is 0.537. The van der Waals surface area contributed by atoms with Crippen LogP contribution >= 0.6 is 12.4 Å². The fraction of sp³-hybridized carbons (Fsp3) is 0.600. The maximum Gasteiger partial charge on any atom is 0.222 e. The molecule has 152 valence electrons. The minimum Gasteiger partial charge on any atom is -0.493 e. The number of carbonyl (C=O) groups is 2. The highest BCUT2D eigenvalue weighted by Gasteiger charge is 2.25. The third-order valence-electron chi connectivity index (χ3n) is 4.92. The maximum absolute atomic E-state index is 12.4. The van der Waals surface area contributed by atoms with Crippen LogP contribution < -0.4 is 15.2 Å². The third kappa shape index (κ3) is 6.70. The SMILES string of the molecule is COc1cc(C(C)=O)ccc1OCCCC(=O)N1CCCC(C(C)N)C1.Cl. The first-order valence-corrected chi connectivity index (χ1v) is 9.27. The second-order valence-corrected chi connectivity index (χ2v) is 6.98. The van der Waals surface area contributed by atoms with E-state index in [1.54, 1.807) is 25.3 Å². The summed E-state index contributed by atoms with van der Waals surface area (Å²) in [4.78, 5) is 25.7. The van der Waals surface area contributed by atoms with Gasteiger partial charge in [-0.15, -0.1) is 12.4 Å². The summed E-state index contributed by atoms with van der Waals surface area (Å²) in [5.74, 6) is 1.65. The van der Waals surface area contributed by atoms with E-state index < -0.39 is 0 Å². The summed E-state index contributed by atoms with van der Waals surface area (Å²) < 4.78 is 11.0. The molecule has 2 rings (SSSR count). The zero-order chi connectivity index (χ0) is 19.1. The van der Waals surface area contributed by atoms with Crippen LogP contribution in [0.15, 0.2) is 18.2 Å². The van der Waals surface area contributed by atoms with Crippen LogP contribution in [0.5, 0.6) is 11.5 Å². The number of piperidine rings is 1. The number of methoxy groups -OCH3 is 1.